The maximum atomic E-state index is 13.1. The quantitative estimate of drug-likeness (QED) is 0.472. The van der Waals surface area contributed by atoms with E-state index in [-0.39, 0.29) is 18.2 Å². The van der Waals surface area contributed by atoms with E-state index < -0.39 is 6.04 Å². The van der Waals surface area contributed by atoms with Gasteiger partial charge in [-0.05, 0) is 61.9 Å². The van der Waals surface area contributed by atoms with Crippen molar-refractivity contribution in [1.29, 1.82) is 0 Å². The highest BCUT2D eigenvalue weighted by Gasteiger charge is 2.23. The molecule has 2 aromatic rings. The molecule has 0 bridgehead atoms. The summed E-state index contributed by atoms with van der Waals surface area (Å²) in [6.45, 7) is 9.21. The molecule has 5 nitrogen and oxygen atoms in total. The molecule has 1 saturated heterocycles. The minimum absolute atomic E-state index is 0.0170. The summed E-state index contributed by atoms with van der Waals surface area (Å²) in [6, 6.07) is 16.3. The van der Waals surface area contributed by atoms with Gasteiger partial charge in [-0.1, -0.05) is 68.1 Å². The van der Waals surface area contributed by atoms with Crippen LogP contribution in [0.5, 0.6) is 5.75 Å². The van der Waals surface area contributed by atoms with Crippen molar-refractivity contribution in [3.8, 4) is 5.75 Å². The zero-order valence-corrected chi connectivity index (χ0v) is 20.8. The van der Waals surface area contributed by atoms with Crippen molar-refractivity contribution < 1.29 is 14.3 Å². The molecule has 0 saturated carbocycles. The van der Waals surface area contributed by atoms with Crippen molar-refractivity contribution in [2.24, 2.45) is 0 Å². The van der Waals surface area contributed by atoms with E-state index in [1.54, 1.807) is 25.1 Å². The average Bonchev–Trinajstić information content (AvgIpc) is 3.06. The number of hydrogen-bond donors (Lipinski definition) is 1. The average molecular weight is 473 g/mol. The van der Waals surface area contributed by atoms with Crippen molar-refractivity contribution >= 4 is 11.7 Å². The third kappa shape index (κ3) is 7.71. The topological polar surface area (TPSA) is 58.6 Å². The number of amides is 1. The molecule has 0 unspecified atom stereocenters. The number of carbonyl (C=O) groups is 2. The molecule has 1 atom stereocenters. The van der Waals surface area contributed by atoms with Gasteiger partial charge >= 0.3 is 0 Å². The highest BCUT2D eigenvalue weighted by Crippen LogP contribution is 2.26. The second-order valence-corrected chi connectivity index (χ2v) is 8.77. The number of benzene rings is 2. The van der Waals surface area contributed by atoms with Crippen LogP contribution in [0.15, 0.2) is 90.7 Å². The molecule has 2 aromatic carbocycles. The molecule has 1 heterocycles. The first kappa shape index (κ1) is 26.0. The molecule has 3 rings (SSSR count). The number of rotatable bonds is 10. The molecule has 5 heteroatoms. The molecule has 1 amide bonds. The third-order valence-electron chi connectivity index (χ3n) is 6.03. The lowest BCUT2D eigenvalue weighted by molar-refractivity contribution is -0.121. The van der Waals surface area contributed by atoms with E-state index in [2.05, 4.69) is 29.8 Å². The van der Waals surface area contributed by atoms with E-state index in [9.17, 15) is 9.59 Å². The predicted molar refractivity (Wildman–Crippen MR) is 141 cm³/mol. The zero-order valence-electron chi connectivity index (χ0n) is 20.8. The Morgan fingerprint density at radius 2 is 1.94 bits per heavy atom. The standard InChI is InChI=1S/C30H36N2O3/c1-4-12-25-16-9-10-19-32(28(25)13-5-2)21-29(33)23(3)31-30(34)26-17-11-18-27(20-26)35-22-24-14-7-6-8-15-24/h4,6-8,11-15,17-18,20,23H,1,5,9-10,16,19,21-22H2,2-3H3,(H,31,34)/b25-12-,28-13-/t23-/m0/s1. The summed E-state index contributed by atoms with van der Waals surface area (Å²) >= 11 is 0. The van der Waals surface area contributed by atoms with Crippen LogP contribution in [0.4, 0.5) is 0 Å². The van der Waals surface area contributed by atoms with Crippen LogP contribution in [-0.2, 0) is 11.4 Å². The molecule has 1 aliphatic heterocycles. The van der Waals surface area contributed by atoms with E-state index in [4.69, 9.17) is 4.74 Å². The van der Waals surface area contributed by atoms with Gasteiger partial charge in [0.25, 0.3) is 5.91 Å². The lowest BCUT2D eigenvalue weighted by Gasteiger charge is -2.27. The Kier molecular flexibility index (Phi) is 9.91. The SMILES string of the molecule is C=C/C=C1/CCCCN(CC(=O)[C@H](C)NC(=O)c2cccc(OCc3ccccc3)c2)/C1=C\CC. The molecule has 0 aromatic heterocycles. The van der Waals surface area contributed by atoms with Crippen LogP contribution in [0.2, 0.25) is 0 Å². The fourth-order valence-electron chi connectivity index (χ4n) is 4.15. The van der Waals surface area contributed by atoms with Crippen LogP contribution in [0.25, 0.3) is 0 Å². The van der Waals surface area contributed by atoms with Crippen LogP contribution in [0.1, 0.15) is 55.5 Å². The van der Waals surface area contributed by atoms with Gasteiger partial charge in [0.05, 0.1) is 12.6 Å². The maximum Gasteiger partial charge on any atom is 0.251 e. The molecular weight excluding hydrogens is 436 g/mol. The number of ether oxygens (including phenoxy) is 1. The van der Waals surface area contributed by atoms with Crippen molar-refractivity contribution in [3.05, 3.63) is 102 Å². The molecule has 0 spiro atoms. The summed E-state index contributed by atoms with van der Waals surface area (Å²) in [7, 11) is 0. The Morgan fingerprint density at radius 1 is 1.14 bits per heavy atom. The van der Waals surface area contributed by atoms with E-state index in [0.29, 0.717) is 17.9 Å². The van der Waals surface area contributed by atoms with Crippen LogP contribution < -0.4 is 10.1 Å². The van der Waals surface area contributed by atoms with Gasteiger partial charge in [0, 0.05) is 17.8 Å². The number of ketones is 1. The third-order valence-corrected chi connectivity index (χ3v) is 6.03. The van der Waals surface area contributed by atoms with E-state index in [1.807, 2.05) is 48.6 Å². The second-order valence-electron chi connectivity index (χ2n) is 8.77. The van der Waals surface area contributed by atoms with Gasteiger partial charge < -0.3 is 15.0 Å². The van der Waals surface area contributed by atoms with Crippen molar-refractivity contribution in [2.45, 2.75) is 52.2 Å². The Hall–Kier alpha value is -3.60. The van der Waals surface area contributed by atoms with Crippen LogP contribution in [-0.4, -0.2) is 35.7 Å². The van der Waals surface area contributed by atoms with Gasteiger partial charge in [0.15, 0.2) is 5.78 Å². The van der Waals surface area contributed by atoms with Crippen molar-refractivity contribution in [1.82, 2.24) is 10.2 Å². The largest absolute Gasteiger partial charge is 0.489 e. The zero-order chi connectivity index (χ0) is 25.0. The summed E-state index contributed by atoms with van der Waals surface area (Å²) in [4.78, 5) is 28.1. The van der Waals surface area contributed by atoms with Gasteiger partial charge in [-0.3, -0.25) is 9.59 Å². The molecule has 35 heavy (non-hydrogen) atoms. The van der Waals surface area contributed by atoms with E-state index in [0.717, 1.165) is 43.5 Å². The fraction of sp³-hybridized carbons (Fsp3) is 0.333. The number of nitrogens with zero attached hydrogens (tertiary/aromatic N) is 1. The molecule has 184 valence electrons. The summed E-state index contributed by atoms with van der Waals surface area (Å²) in [5.41, 5.74) is 3.85. The number of hydrogen-bond acceptors (Lipinski definition) is 4. The smallest absolute Gasteiger partial charge is 0.251 e. The highest BCUT2D eigenvalue weighted by atomic mass is 16.5. The summed E-state index contributed by atoms with van der Waals surface area (Å²) in [6.07, 6.45) is 10.0. The Balaban J connectivity index is 1.61. The van der Waals surface area contributed by atoms with Crippen LogP contribution in [0, 0.1) is 0 Å². The van der Waals surface area contributed by atoms with Gasteiger partial charge in [-0.25, -0.2) is 0 Å². The van der Waals surface area contributed by atoms with E-state index in [1.165, 1.54) is 5.57 Å². The molecule has 1 fully saturated rings. The first-order chi connectivity index (χ1) is 17.0. The summed E-state index contributed by atoms with van der Waals surface area (Å²) < 4.78 is 5.84. The number of likely N-dealkylation sites (tertiary alicyclic amines) is 1. The molecular formula is C30H36N2O3. The molecule has 1 N–H and O–H groups in total. The summed E-state index contributed by atoms with van der Waals surface area (Å²) in [5, 5.41) is 2.86. The second kappa shape index (κ2) is 13.3. The lowest BCUT2D eigenvalue weighted by atomic mass is 10.0. The van der Waals surface area contributed by atoms with Gasteiger partial charge in [0.1, 0.15) is 12.4 Å². The molecule has 0 aliphatic carbocycles. The molecule has 0 radical (unpaired) electrons. The van der Waals surface area contributed by atoms with Crippen LogP contribution in [0.3, 0.4) is 0 Å². The Labute approximate surface area is 209 Å². The first-order valence-corrected chi connectivity index (χ1v) is 12.4. The van der Waals surface area contributed by atoms with Gasteiger partial charge in [-0.15, -0.1) is 0 Å². The highest BCUT2D eigenvalue weighted by molar-refractivity contribution is 5.98. The number of nitrogens with one attached hydrogen (secondary N) is 1. The van der Waals surface area contributed by atoms with Crippen LogP contribution >= 0.6 is 0 Å². The number of carbonyl (C=O) groups excluding carboxylic acids is 2. The first-order valence-electron chi connectivity index (χ1n) is 12.4. The fourth-order valence-corrected chi connectivity index (χ4v) is 4.15. The summed E-state index contributed by atoms with van der Waals surface area (Å²) in [5.74, 6) is 0.307. The van der Waals surface area contributed by atoms with Crippen molar-refractivity contribution in [3.63, 3.8) is 0 Å². The van der Waals surface area contributed by atoms with Gasteiger partial charge in [-0.2, -0.15) is 0 Å². The predicted octanol–water partition coefficient (Wildman–Crippen LogP) is 5.85. The minimum atomic E-state index is -0.602. The molecule has 1 aliphatic rings. The Bertz CT molecular complexity index is 1070. The number of Topliss-reactive ketones (excluding diaryl/α,β-unsaturated/α-hetero) is 1. The Morgan fingerprint density at radius 3 is 2.69 bits per heavy atom. The normalized spacial score (nSPS) is 17.0. The van der Waals surface area contributed by atoms with Gasteiger partial charge in [0.2, 0.25) is 0 Å². The number of allylic oxidation sites excluding steroid dienone is 4. The minimum Gasteiger partial charge on any atom is -0.489 e. The monoisotopic (exact) mass is 472 g/mol. The van der Waals surface area contributed by atoms with E-state index >= 15 is 0 Å². The lowest BCUT2D eigenvalue weighted by Crippen LogP contribution is -2.43. The maximum absolute atomic E-state index is 13.1. The van der Waals surface area contributed by atoms with Crippen molar-refractivity contribution in [2.75, 3.05) is 13.1 Å².